The number of hydrogen-bond acceptors (Lipinski definition) is 5. The van der Waals surface area contributed by atoms with Crippen LogP contribution in [0, 0.1) is 6.92 Å². The molecule has 154 valence electrons. The maximum atomic E-state index is 12.7. The molecule has 1 heterocycles. The first kappa shape index (κ1) is 20.8. The molecule has 0 saturated carbocycles. The van der Waals surface area contributed by atoms with Gasteiger partial charge < -0.3 is 5.32 Å². The molecule has 1 amide bonds. The van der Waals surface area contributed by atoms with Crippen molar-refractivity contribution in [3.63, 3.8) is 0 Å². The van der Waals surface area contributed by atoms with Crippen molar-refractivity contribution in [2.24, 2.45) is 0 Å². The molecule has 0 fully saturated rings. The molecule has 0 radical (unpaired) electrons. The SMILES string of the molecule is Cc1ccccc1NC(=O)C(C)Sc1nnc(-c2ccccc2)c(-c2ccccc2)n1. The zero-order chi connectivity index (χ0) is 21.6. The van der Waals surface area contributed by atoms with Crippen molar-refractivity contribution in [3.05, 3.63) is 90.5 Å². The number of anilines is 1. The predicted octanol–water partition coefficient (Wildman–Crippen LogP) is 5.63. The number of benzene rings is 3. The zero-order valence-electron chi connectivity index (χ0n) is 17.3. The van der Waals surface area contributed by atoms with Crippen molar-refractivity contribution in [1.82, 2.24) is 15.2 Å². The summed E-state index contributed by atoms with van der Waals surface area (Å²) in [7, 11) is 0. The third-order valence-corrected chi connectivity index (χ3v) is 5.77. The van der Waals surface area contributed by atoms with Crippen LogP contribution in [0.15, 0.2) is 90.1 Å². The van der Waals surface area contributed by atoms with E-state index in [-0.39, 0.29) is 11.2 Å². The van der Waals surface area contributed by atoms with Gasteiger partial charge in [0, 0.05) is 16.8 Å². The molecule has 1 aromatic heterocycles. The fourth-order valence-corrected chi connectivity index (χ4v) is 3.82. The van der Waals surface area contributed by atoms with Crippen LogP contribution >= 0.6 is 11.8 Å². The number of amides is 1. The van der Waals surface area contributed by atoms with Gasteiger partial charge in [-0.1, -0.05) is 90.6 Å². The molecule has 6 heteroatoms. The van der Waals surface area contributed by atoms with E-state index in [9.17, 15) is 4.79 Å². The Morgan fingerprint density at radius 3 is 2.03 bits per heavy atom. The van der Waals surface area contributed by atoms with Crippen LogP contribution in [-0.4, -0.2) is 26.3 Å². The van der Waals surface area contributed by atoms with Crippen molar-refractivity contribution in [2.75, 3.05) is 5.32 Å². The Hall–Kier alpha value is -3.51. The maximum absolute atomic E-state index is 12.7. The van der Waals surface area contributed by atoms with Crippen LogP contribution in [0.4, 0.5) is 5.69 Å². The number of para-hydroxylation sites is 1. The van der Waals surface area contributed by atoms with Gasteiger partial charge in [-0.3, -0.25) is 4.79 Å². The van der Waals surface area contributed by atoms with Crippen LogP contribution in [0.25, 0.3) is 22.5 Å². The summed E-state index contributed by atoms with van der Waals surface area (Å²) in [6.07, 6.45) is 0. The highest BCUT2D eigenvalue weighted by Gasteiger charge is 2.19. The highest BCUT2D eigenvalue weighted by molar-refractivity contribution is 8.00. The molecule has 0 bridgehead atoms. The lowest BCUT2D eigenvalue weighted by Gasteiger charge is -2.14. The minimum Gasteiger partial charge on any atom is -0.325 e. The lowest BCUT2D eigenvalue weighted by atomic mass is 10.0. The molecule has 0 aliphatic carbocycles. The van der Waals surface area contributed by atoms with E-state index in [1.165, 1.54) is 11.8 Å². The molecular formula is C25H22N4OS. The average molecular weight is 427 g/mol. The lowest BCUT2D eigenvalue weighted by Crippen LogP contribution is -2.23. The van der Waals surface area contributed by atoms with Gasteiger partial charge in [0.2, 0.25) is 11.1 Å². The summed E-state index contributed by atoms with van der Waals surface area (Å²) in [5.74, 6) is -0.101. The molecule has 3 aromatic carbocycles. The van der Waals surface area contributed by atoms with Gasteiger partial charge in [0.05, 0.1) is 5.25 Å². The van der Waals surface area contributed by atoms with Crippen molar-refractivity contribution < 1.29 is 4.79 Å². The number of hydrogen-bond donors (Lipinski definition) is 1. The summed E-state index contributed by atoms with van der Waals surface area (Å²) in [5, 5.41) is 11.8. The minimum absolute atomic E-state index is 0.101. The third-order valence-electron chi connectivity index (χ3n) is 4.82. The average Bonchev–Trinajstić information content (AvgIpc) is 2.81. The first-order valence-corrected chi connectivity index (χ1v) is 10.9. The van der Waals surface area contributed by atoms with E-state index >= 15 is 0 Å². The van der Waals surface area contributed by atoms with Gasteiger partial charge in [0.25, 0.3) is 0 Å². The van der Waals surface area contributed by atoms with Gasteiger partial charge in [-0.15, -0.1) is 10.2 Å². The Morgan fingerprint density at radius 1 is 0.806 bits per heavy atom. The lowest BCUT2D eigenvalue weighted by molar-refractivity contribution is -0.115. The summed E-state index contributed by atoms with van der Waals surface area (Å²) in [6, 6.07) is 27.5. The monoisotopic (exact) mass is 426 g/mol. The zero-order valence-corrected chi connectivity index (χ0v) is 18.1. The molecular weight excluding hydrogens is 404 g/mol. The molecule has 1 unspecified atom stereocenters. The first-order valence-electron chi connectivity index (χ1n) is 10.0. The number of carbonyl (C=O) groups excluding carboxylic acids is 1. The molecule has 4 aromatic rings. The summed E-state index contributed by atoms with van der Waals surface area (Å²) in [6.45, 7) is 3.81. The number of nitrogens with one attached hydrogen (secondary N) is 1. The normalized spacial score (nSPS) is 11.7. The molecule has 1 N–H and O–H groups in total. The van der Waals surface area contributed by atoms with E-state index in [0.717, 1.165) is 28.1 Å². The largest absolute Gasteiger partial charge is 0.325 e. The van der Waals surface area contributed by atoms with Crippen LogP contribution in [0.3, 0.4) is 0 Å². The van der Waals surface area contributed by atoms with E-state index in [4.69, 9.17) is 4.98 Å². The predicted molar refractivity (Wildman–Crippen MR) is 126 cm³/mol. The van der Waals surface area contributed by atoms with Gasteiger partial charge in [-0.2, -0.15) is 0 Å². The number of nitrogens with zero attached hydrogens (tertiary/aromatic N) is 3. The number of rotatable bonds is 6. The summed E-state index contributed by atoms with van der Waals surface area (Å²) < 4.78 is 0. The third kappa shape index (κ3) is 4.98. The molecule has 1 atom stereocenters. The molecule has 31 heavy (non-hydrogen) atoms. The number of aryl methyl sites for hydroxylation is 1. The number of aromatic nitrogens is 3. The van der Waals surface area contributed by atoms with Crippen molar-refractivity contribution in [2.45, 2.75) is 24.3 Å². The van der Waals surface area contributed by atoms with Gasteiger partial charge >= 0.3 is 0 Å². The second-order valence-corrected chi connectivity index (χ2v) is 8.40. The fraction of sp³-hybridized carbons (Fsp3) is 0.120. The number of carbonyl (C=O) groups is 1. The van der Waals surface area contributed by atoms with Gasteiger partial charge in [-0.25, -0.2) is 4.98 Å². The maximum Gasteiger partial charge on any atom is 0.237 e. The van der Waals surface area contributed by atoms with E-state index < -0.39 is 0 Å². The second-order valence-electron chi connectivity index (χ2n) is 7.09. The van der Waals surface area contributed by atoms with E-state index in [2.05, 4.69) is 15.5 Å². The Labute approximate surface area is 186 Å². The molecule has 0 aliphatic heterocycles. The Morgan fingerprint density at radius 2 is 1.39 bits per heavy atom. The summed E-state index contributed by atoms with van der Waals surface area (Å²) >= 11 is 1.29. The molecule has 0 saturated heterocycles. The Kier molecular flexibility index (Phi) is 6.38. The first-order chi connectivity index (χ1) is 15.1. The van der Waals surface area contributed by atoms with Crippen LogP contribution in [0.2, 0.25) is 0 Å². The number of thioether (sulfide) groups is 1. The van der Waals surface area contributed by atoms with Gasteiger partial charge in [0.15, 0.2) is 0 Å². The van der Waals surface area contributed by atoms with Crippen LogP contribution < -0.4 is 5.32 Å². The Balaban J connectivity index is 1.60. The quantitative estimate of drug-likeness (QED) is 0.405. The van der Waals surface area contributed by atoms with Crippen molar-refractivity contribution in [3.8, 4) is 22.5 Å². The van der Waals surface area contributed by atoms with Crippen LogP contribution in [0.1, 0.15) is 12.5 Å². The fourth-order valence-electron chi connectivity index (χ4n) is 3.11. The van der Waals surface area contributed by atoms with E-state index in [0.29, 0.717) is 10.9 Å². The second kappa shape index (κ2) is 9.53. The standard InChI is InChI=1S/C25H22N4OS/c1-17-11-9-10-16-21(17)26-24(30)18(2)31-25-27-22(19-12-5-3-6-13-19)23(28-29-25)20-14-7-4-8-15-20/h3-16,18H,1-2H3,(H,26,30). The van der Waals surface area contributed by atoms with Crippen molar-refractivity contribution >= 4 is 23.4 Å². The molecule has 4 rings (SSSR count). The smallest absolute Gasteiger partial charge is 0.237 e. The van der Waals surface area contributed by atoms with Gasteiger partial charge in [0.1, 0.15) is 11.4 Å². The molecule has 0 spiro atoms. The molecule has 5 nitrogen and oxygen atoms in total. The highest BCUT2D eigenvalue weighted by Crippen LogP contribution is 2.30. The van der Waals surface area contributed by atoms with Crippen molar-refractivity contribution in [1.29, 1.82) is 0 Å². The van der Waals surface area contributed by atoms with Gasteiger partial charge in [-0.05, 0) is 25.5 Å². The summed E-state index contributed by atoms with van der Waals surface area (Å²) in [5.41, 5.74) is 5.19. The molecule has 0 aliphatic rings. The highest BCUT2D eigenvalue weighted by atomic mass is 32.2. The van der Waals surface area contributed by atoms with Crippen LogP contribution in [0.5, 0.6) is 0 Å². The minimum atomic E-state index is -0.382. The van der Waals surface area contributed by atoms with Crippen LogP contribution in [-0.2, 0) is 4.79 Å². The van der Waals surface area contributed by atoms with E-state index in [1.807, 2.05) is 98.8 Å². The van der Waals surface area contributed by atoms with E-state index in [1.54, 1.807) is 0 Å². The summed E-state index contributed by atoms with van der Waals surface area (Å²) in [4.78, 5) is 17.5. The Bertz CT molecular complexity index is 1180. The topological polar surface area (TPSA) is 67.8 Å².